The van der Waals surface area contributed by atoms with E-state index in [-0.39, 0.29) is 17.4 Å². The van der Waals surface area contributed by atoms with E-state index in [4.69, 9.17) is 14.2 Å². The number of hydrogen-bond acceptors (Lipinski definition) is 7. The summed E-state index contributed by atoms with van der Waals surface area (Å²) < 4.78 is 17.0. The molecule has 8 nitrogen and oxygen atoms in total. The van der Waals surface area contributed by atoms with Crippen molar-refractivity contribution >= 4 is 17.4 Å². The Morgan fingerprint density at radius 1 is 1.17 bits per heavy atom. The minimum absolute atomic E-state index is 0.0518. The predicted octanol–water partition coefficient (Wildman–Crippen LogP) is 3.79. The Morgan fingerprint density at radius 3 is 2.64 bits per heavy atom. The molecule has 1 amide bonds. The number of carbonyl (C=O) groups excluding carboxylic acids is 2. The Morgan fingerprint density at radius 2 is 1.94 bits per heavy atom. The molecule has 2 aliphatic heterocycles. The quantitative estimate of drug-likeness (QED) is 0.322. The van der Waals surface area contributed by atoms with Crippen molar-refractivity contribution in [1.82, 2.24) is 9.80 Å². The zero-order valence-electron chi connectivity index (χ0n) is 21.5. The molecule has 2 aliphatic rings. The van der Waals surface area contributed by atoms with E-state index in [1.807, 2.05) is 45.0 Å². The second-order valence-electron chi connectivity index (χ2n) is 9.45. The molecule has 2 aromatic carbocycles. The van der Waals surface area contributed by atoms with E-state index in [1.54, 1.807) is 36.3 Å². The number of benzene rings is 2. The van der Waals surface area contributed by atoms with Gasteiger partial charge in [-0.25, -0.2) is 0 Å². The number of aliphatic hydroxyl groups excluding tert-OH is 1. The summed E-state index contributed by atoms with van der Waals surface area (Å²) in [6.45, 7) is 5.47. The second kappa shape index (κ2) is 10.6. The number of carbonyl (C=O) groups is 2. The van der Waals surface area contributed by atoms with Crippen molar-refractivity contribution in [1.29, 1.82) is 0 Å². The van der Waals surface area contributed by atoms with E-state index >= 15 is 0 Å². The summed E-state index contributed by atoms with van der Waals surface area (Å²) in [7, 11) is 5.46. The summed E-state index contributed by atoms with van der Waals surface area (Å²) in [4.78, 5) is 30.1. The fourth-order valence-electron chi connectivity index (χ4n) is 4.87. The van der Waals surface area contributed by atoms with Crippen LogP contribution in [-0.2, 0) is 16.0 Å². The first-order chi connectivity index (χ1) is 17.2. The molecular weight excluding hydrogens is 460 g/mol. The first kappa shape index (κ1) is 25.6. The number of likely N-dealkylation sites (tertiary alicyclic amines) is 1. The Bertz CT molecular complexity index is 1190. The molecule has 0 aliphatic carbocycles. The number of ketones is 1. The van der Waals surface area contributed by atoms with Crippen LogP contribution in [0.5, 0.6) is 17.2 Å². The molecule has 1 N–H and O–H groups in total. The van der Waals surface area contributed by atoms with Crippen molar-refractivity contribution in [3.8, 4) is 17.2 Å². The molecular formula is C28H34N2O6. The molecule has 4 rings (SSSR count). The van der Waals surface area contributed by atoms with Crippen molar-refractivity contribution in [2.45, 2.75) is 38.8 Å². The van der Waals surface area contributed by atoms with Gasteiger partial charge in [0, 0.05) is 18.5 Å². The number of amides is 1. The topological polar surface area (TPSA) is 88.5 Å². The number of nitrogens with zero attached hydrogens (tertiary/aromatic N) is 2. The third kappa shape index (κ3) is 4.91. The lowest BCUT2D eigenvalue weighted by atomic mass is 9.94. The minimum atomic E-state index is -0.750. The smallest absolute Gasteiger partial charge is 0.295 e. The van der Waals surface area contributed by atoms with E-state index in [2.05, 4.69) is 0 Å². The van der Waals surface area contributed by atoms with Gasteiger partial charge in [0.25, 0.3) is 11.7 Å². The third-order valence-corrected chi connectivity index (χ3v) is 6.52. The minimum Gasteiger partial charge on any atom is -0.507 e. The van der Waals surface area contributed by atoms with E-state index in [0.29, 0.717) is 42.2 Å². The Kier molecular flexibility index (Phi) is 7.54. The number of aliphatic hydroxyl groups is 1. The van der Waals surface area contributed by atoms with Gasteiger partial charge in [-0.3, -0.25) is 9.59 Å². The highest BCUT2D eigenvalue weighted by molar-refractivity contribution is 6.46. The highest BCUT2D eigenvalue weighted by Crippen LogP contribution is 2.42. The zero-order valence-corrected chi connectivity index (χ0v) is 21.5. The standard InChI is InChI=1S/C28H34N2O6/c1-6-35-22-11-8-18(16-23(22)34-5)25-24(27(32)28(33)30(25)13-7-12-29(3)4)26(31)19-9-10-21-20(15-19)14-17(2)36-21/h8-11,15-17,25,31H,6-7,12-14H2,1-5H3. The van der Waals surface area contributed by atoms with Gasteiger partial charge in [-0.15, -0.1) is 0 Å². The molecule has 0 bridgehead atoms. The van der Waals surface area contributed by atoms with Gasteiger partial charge in [-0.05, 0) is 82.4 Å². The average Bonchev–Trinajstić information content (AvgIpc) is 3.34. The van der Waals surface area contributed by atoms with Gasteiger partial charge in [-0.2, -0.15) is 0 Å². The molecule has 0 aromatic heterocycles. The zero-order chi connectivity index (χ0) is 26.0. The summed E-state index contributed by atoms with van der Waals surface area (Å²) in [5.74, 6) is 0.337. The van der Waals surface area contributed by atoms with Crippen LogP contribution >= 0.6 is 0 Å². The highest BCUT2D eigenvalue weighted by atomic mass is 16.5. The first-order valence-electron chi connectivity index (χ1n) is 12.3. The van der Waals surface area contributed by atoms with Crippen molar-refractivity contribution in [3.63, 3.8) is 0 Å². The van der Waals surface area contributed by atoms with E-state index in [9.17, 15) is 14.7 Å². The summed E-state index contributed by atoms with van der Waals surface area (Å²) >= 11 is 0. The largest absolute Gasteiger partial charge is 0.507 e. The number of hydrogen-bond donors (Lipinski definition) is 1. The van der Waals surface area contributed by atoms with E-state index < -0.39 is 17.7 Å². The molecule has 2 heterocycles. The molecule has 2 aromatic rings. The number of fused-ring (bicyclic) bond motifs is 1. The number of Topliss-reactive ketones (excluding diaryl/α,β-unsaturated/α-hetero) is 1. The lowest BCUT2D eigenvalue weighted by molar-refractivity contribution is -0.139. The fraction of sp³-hybridized carbons (Fsp3) is 0.429. The highest BCUT2D eigenvalue weighted by Gasteiger charge is 2.46. The Hall–Kier alpha value is -3.52. The van der Waals surface area contributed by atoms with Gasteiger partial charge in [0.1, 0.15) is 17.6 Å². The van der Waals surface area contributed by atoms with Crippen molar-refractivity contribution in [3.05, 3.63) is 58.7 Å². The molecule has 0 saturated carbocycles. The van der Waals surface area contributed by atoms with Crippen LogP contribution in [-0.4, -0.2) is 73.6 Å². The van der Waals surface area contributed by atoms with Crippen LogP contribution in [0.15, 0.2) is 42.0 Å². The third-order valence-electron chi connectivity index (χ3n) is 6.52. The average molecular weight is 495 g/mol. The molecule has 192 valence electrons. The molecule has 2 atom stereocenters. The van der Waals surface area contributed by atoms with Crippen molar-refractivity contribution in [2.24, 2.45) is 0 Å². The van der Waals surface area contributed by atoms with Gasteiger partial charge in [0.05, 0.1) is 25.3 Å². The van der Waals surface area contributed by atoms with E-state index in [1.165, 1.54) is 0 Å². The Balaban J connectivity index is 1.81. The monoisotopic (exact) mass is 494 g/mol. The van der Waals surface area contributed by atoms with Crippen LogP contribution in [0.1, 0.15) is 43.0 Å². The lowest BCUT2D eigenvalue weighted by Gasteiger charge is -2.26. The maximum absolute atomic E-state index is 13.3. The summed E-state index contributed by atoms with van der Waals surface area (Å²) in [5, 5.41) is 11.4. The first-order valence-corrected chi connectivity index (χ1v) is 12.3. The molecule has 1 fully saturated rings. The van der Waals surface area contributed by atoms with Gasteiger partial charge < -0.3 is 29.1 Å². The van der Waals surface area contributed by atoms with Crippen LogP contribution in [0.2, 0.25) is 0 Å². The Labute approximate surface area is 212 Å². The van der Waals surface area contributed by atoms with Gasteiger partial charge in [0.15, 0.2) is 11.5 Å². The second-order valence-corrected chi connectivity index (χ2v) is 9.45. The van der Waals surface area contributed by atoms with Gasteiger partial charge in [-0.1, -0.05) is 6.07 Å². The number of rotatable bonds is 9. The predicted molar refractivity (Wildman–Crippen MR) is 137 cm³/mol. The number of methoxy groups -OCH3 is 1. The molecule has 1 saturated heterocycles. The molecule has 8 heteroatoms. The summed E-state index contributed by atoms with van der Waals surface area (Å²) in [6, 6.07) is 9.97. The van der Waals surface area contributed by atoms with Crippen molar-refractivity contribution in [2.75, 3.05) is 40.9 Å². The van der Waals surface area contributed by atoms with Crippen molar-refractivity contribution < 1.29 is 28.9 Å². The maximum Gasteiger partial charge on any atom is 0.295 e. The van der Waals surface area contributed by atoms with Crippen LogP contribution in [0.3, 0.4) is 0 Å². The fourth-order valence-corrected chi connectivity index (χ4v) is 4.87. The van der Waals surface area contributed by atoms with E-state index in [0.717, 1.165) is 24.3 Å². The normalized spacial score (nSPS) is 20.6. The number of ether oxygens (including phenoxy) is 3. The summed E-state index contributed by atoms with van der Waals surface area (Å²) in [6.07, 6.45) is 1.45. The molecule has 0 radical (unpaired) electrons. The van der Waals surface area contributed by atoms with Crippen LogP contribution in [0.4, 0.5) is 0 Å². The summed E-state index contributed by atoms with van der Waals surface area (Å²) in [5.41, 5.74) is 2.19. The maximum atomic E-state index is 13.3. The van der Waals surface area contributed by atoms with Gasteiger partial charge >= 0.3 is 0 Å². The SMILES string of the molecule is CCOc1ccc(C2C(=C(O)c3ccc4c(c3)CC(C)O4)C(=O)C(=O)N2CCCN(C)C)cc1OC. The van der Waals surface area contributed by atoms with Crippen LogP contribution in [0, 0.1) is 0 Å². The lowest BCUT2D eigenvalue weighted by Crippen LogP contribution is -2.32. The van der Waals surface area contributed by atoms with Gasteiger partial charge in [0.2, 0.25) is 0 Å². The van der Waals surface area contributed by atoms with Crippen LogP contribution in [0.25, 0.3) is 5.76 Å². The molecule has 36 heavy (non-hydrogen) atoms. The molecule has 0 spiro atoms. The van der Waals surface area contributed by atoms with Crippen LogP contribution < -0.4 is 14.2 Å². The molecule has 2 unspecified atom stereocenters.